The molecule has 0 bridgehead atoms. The first kappa shape index (κ1) is 8.18. The molecule has 1 atom stereocenters. The van der Waals surface area contributed by atoms with E-state index in [2.05, 4.69) is 31.5 Å². The Labute approximate surface area is 60.9 Å². The predicted molar refractivity (Wildman–Crippen MR) is 48.0 cm³/mol. The lowest BCUT2D eigenvalue weighted by Crippen LogP contribution is -2.00. The Morgan fingerprint density at radius 2 is 2.29 bits per heavy atom. The van der Waals surface area contributed by atoms with E-state index in [1.165, 1.54) is 6.32 Å². The minimum absolute atomic E-state index is 0.709. The SMILES string of the molecule is NCCCB(P)I. The molecule has 0 aliphatic heterocycles. The van der Waals surface area contributed by atoms with E-state index in [0.717, 1.165) is 13.0 Å². The van der Waals surface area contributed by atoms with Crippen LogP contribution in [0.1, 0.15) is 6.42 Å². The van der Waals surface area contributed by atoms with Gasteiger partial charge in [-0.25, -0.2) is 0 Å². The van der Waals surface area contributed by atoms with Crippen LogP contribution in [0.15, 0.2) is 0 Å². The van der Waals surface area contributed by atoms with Crippen molar-refractivity contribution in [2.45, 2.75) is 12.7 Å². The van der Waals surface area contributed by atoms with Crippen LogP contribution in [-0.4, -0.2) is 10.8 Å². The van der Waals surface area contributed by atoms with Crippen LogP contribution in [-0.2, 0) is 0 Å². The molecule has 1 nitrogen and oxygen atoms in total. The van der Waals surface area contributed by atoms with Crippen molar-refractivity contribution in [1.82, 2.24) is 0 Å². The van der Waals surface area contributed by atoms with Crippen LogP contribution in [0.3, 0.4) is 0 Å². The quantitative estimate of drug-likeness (QED) is 0.438. The van der Waals surface area contributed by atoms with Gasteiger partial charge in [0, 0.05) is 0 Å². The highest BCUT2D eigenvalue weighted by Gasteiger charge is 1.97. The molecule has 0 aromatic heterocycles. The molecule has 42 valence electrons. The van der Waals surface area contributed by atoms with Crippen molar-refractivity contribution in [3.05, 3.63) is 0 Å². The van der Waals surface area contributed by atoms with E-state index in [9.17, 15) is 0 Å². The van der Waals surface area contributed by atoms with E-state index in [0.29, 0.717) is 4.29 Å². The number of halogens is 1. The Kier molecular flexibility index (Phi) is 6.23. The van der Waals surface area contributed by atoms with Crippen molar-refractivity contribution in [1.29, 1.82) is 0 Å². The molecule has 0 aliphatic carbocycles. The number of hydrogen-bond acceptors (Lipinski definition) is 1. The number of hydrogen-bond donors (Lipinski definition) is 1. The Balaban J connectivity index is 2.68. The van der Waals surface area contributed by atoms with Crippen LogP contribution in [0.5, 0.6) is 0 Å². The van der Waals surface area contributed by atoms with E-state index in [1.807, 2.05) is 0 Å². The monoisotopic (exact) mass is 229 g/mol. The van der Waals surface area contributed by atoms with Crippen LogP contribution in [0.2, 0.25) is 6.32 Å². The van der Waals surface area contributed by atoms with Crippen LogP contribution in [0.4, 0.5) is 0 Å². The highest BCUT2D eigenvalue weighted by molar-refractivity contribution is 14.1. The normalized spacial score (nSPS) is 9.00. The molecule has 0 aromatic carbocycles. The van der Waals surface area contributed by atoms with Gasteiger partial charge in [0.1, 0.15) is 0 Å². The van der Waals surface area contributed by atoms with Gasteiger partial charge in [0.05, 0.1) is 0 Å². The number of rotatable bonds is 3. The van der Waals surface area contributed by atoms with Gasteiger partial charge in [-0.2, -0.15) is 9.12 Å². The van der Waals surface area contributed by atoms with Crippen molar-refractivity contribution >= 4 is 35.8 Å². The third-order valence-electron chi connectivity index (χ3n) is 0.684. The Morgan fingerprint density at radius 3 is 2.43 bits per heavy atom. The summed E-state index contributed by atoms with van der Waals surface area (Å²) in [5.74, 6) is 0. The van der Waals surface area contributed by atoms with Crippen LogP contribution in [0.25, 0.3) is 0 Å². The van der Waals surface area contributed by atoms with Gasteiger partial charge in [-0.05, 0) is 13.0 Å². The van der Waals surface area contributed by atoms with Crippen molar-refractivity contribution in [2.75, 3.05) is 6.54 Å². The Morgan fingerprint density at radius 1 is 1.71 bits per heavy atom. The van der Waals surface area contributed by atoms with E-state index in [1.54, 1.807) is 0 Å². The van der Waals surface area contributed by atoms with E-state index >= 15 is 0 Å². The molecule has 0 saturated heterocycles. The molecule has 0 saturated carbocycles. The fourth-order valence-corrected chi connectivity index (χ4v) is 0.989. The van der Waals surface area contributed by atoms with Gasteiger partial charge in [0.15, 0.2) is 0 Å². The van der Waals surface area contributed by atoms with Gasteiger partial charge in [-0.3, -0.25) is 0 Å². The average Bonchev–Trinajstić information content (AvgIpc) is 1.61. The van der Waals surface area contributed by atoms with Gasteiger partial charge in [0.2, 0.25) is 4.29 Å². The second kappa shape index (κ2) is 5.32. The van der Waals surface area contributed by atoms with E-state index in [4.69, 9.17) is 5.73 Å². The molecular formula is C3H10BINP. The molecular weight excluding hydrogens is 219 g/mol. The molecule has 0 radical (unpaired) electrons. The third kappa shape index (κ3) is 7.18. The topological polar surface area (TPSA) is 26.0 Å². The smallest absolute Gasteiger partial charge is 0.239 e. The first-order valence-electron chi connectivity index (χ1n) is 2.37. The van der Waals surface area contributed by atoms with Crippen LogP contribution >= 0.6 is 31.5 Å². The van der Waals surface area contributed by atoms with E-state index in [-0.39, 0.29) is 0 Å². The summed E-state index contributed by atoms with van der Waals surface area (Å²) < 4.78 is 0.709. The van der Waals surface area contributed by atoms with Crippen molar-refractivity contribution < 1.29 is 0 Å². The summed E-state index contributed by atoms with van der Waals surface area (Å²) in [4.78, 5) is 0. The lowest BCUT2D eigenvalue weighted by Gasteiger charge is -1.93. The fourth-order valence-electron chi connectivity index (χ4n) is 0.313. The average molecular weight is 229 g/mol. The van der Waals surface area contributed by atoms with Gasteiger partial charge >= 0.3 is 0 Å². The summed E-state index contributed by atoms with van der Waals surface area (Å²) in [5, 5.41) is 0. The molecule has 0 rings (SSSR count). The molecule has 0 spiro atoms. The minimum Gasteiger partial charge on any atom is -0.330 e. The maximum Gasteiger partial charge on any atom is 0.239 e. The summed E-state index contributed by atoms with van der Waals surface area (Å²) in [6, 6.07) is 0. The van der Waals surface area contributed by atoms with E-state index < -0.39 is 0 Å². The molecule has 0 amide bonds. The summed E-state index contributed by atoms with van der Waals surface area (Å²) in [5.41, 5.74) is 5.26. The zero-order chi connectivity index (χ0) is 5.70. The molecule has 2 N–H and O–H groups in total. The molecule has 0 aliphatic rings. The largest absolute Gasteiger partial charge is 0.330 e. The molecule has 0 heterocycles. The standard InChI is InChI=1S/C3H10BINP/c5-4(7)2-1-3-6/h1-3,6-7H2. The molecule has 4 heteroatoms. The van der Waals surface area contributed by atoms with Gasteiger partial charge in [-0.1, -0.05) is 6.32 Å². The van der Waals surface area contributed by atoms with Gasteiger partial charge in [-0.15, -0.1) is 22.4 Å². The Hall–Kier alpha value is 1.18. The van der Waals surface area contributed by atoms with Crippen LogP contribution in [0, 0.1) is 0 Å². The zero-order valence-corrected chi connectivity index (χ0v) is 7.54. The molecule has 7 heavy (non-hydrogen) atoms. The predicted octanol–water partition coefficient (Wildman–Crippen LogP) is 1.13. The molecule has 1 unspecified atom stereocenters. The summed E-state index contributed by atoms with van der Waals surface area (Å²) >= 11 is 2.37. The maximum absolute atomic E-state index is 5.26. The second-order valence-corrected chi connectivity index (χ2v) is 5.21. The summed E-state index contributed by atoms with van der Waals surface area (Å²) in [6.07, 6.45) is 2.37. The van der Waals surface area contributed by atoms with Crippen LogP contribution < -0.4 is 5.73 Å². The zero-order valence-electron chi connectivity index (χ0n) is 4.23. The second-order valence-electron chi connectivity index (χ2n) is 1.45. The summed E-state index contributed by atoms with van der Waals surface area (Å²) in [7, 11) is 2.74. The Bertz CT molecular complexity index is 43.9. The van der Waals surface area contributed by atoms with Gasteiger partial charge < -0.3 is 5.73 Å². The van der Waals surface area contributed by atoms with Crippen molar-refractivity contribution in [3.63, 3.8) is 0 Å². The lowest BCUT2D eigenvalue weighted by atomic mass is 10.00. The maximum atomic E-state index is 5.26. The van der Waals surface area contributed by atoms with Gasteiger partial charge in [0.25, 0.3) is 0 Å². The minimum atomic E-state index is 0.709. The first-order valence-corrected chi connectivity index (χ1v) is 4.28. The summed E-state index contributed by atoms with van der Waals surface area (Å²) in [6.45, 7) is 0.827. The highest BCUT2D eigenvalue weighted by atomic mass is 127. The third-order valence-corrected chi connectivity index (χ3v) is 1.64. The molecule has 0 fully saturated rings. The first-order chi connectivity index (χ1) is 3.27. The fraction of sp³-hybridized carbons (Fsp3) is 1.00. The number of nitrogens with two attached hydrogens (primary N) is 1. The lowest BCUT2D eigenvalue weighted by molar-refractivity contribution is 0.928. The van der Waals surface area contributed by atoms with Crippen molar-refractivity contribution in [2.24, 2.45) is 5.73 Å². The molecule has 0 aromatic rings. The highest BCUT2D eigenvalue weighted by Crippen LogP contribution is 2.10. The van der Waals surface area contributed by atoms with Crippen molar-refractivity contribution in [3.8, 4) is 0 Å².